The number of benzene rings is 2. The first-order chi connectivity index (χ1) is 11.1. The second-order valence-electron chi connectivity index (χ2n) is 5.47. The molecule has 122 valence electrons. The Labute approximate surface area is 137 Å². The molecule has 1 amide bonds. The van der Waals surface area contributed by atoms with E-state index in [1.54, 1.807) is 14.0 Å². The fourth-order valence-corrected chi connectivity index (χ4v) is 2.21. The molecule has 0 unspecified atom stereocenters. The molecule has 0 spiro atoms. The molecule has 0 aliphatic carbocycles. The van der Waals surface area contributed by atoms with E-state index in [2.05, 4.69) is 5.32 Å². The monoisotopic (exact) mass is 313 g/mol. The fraction of sp³-hybridized carbons (Fsp3) is 0.316. The van der Waals surface area contributed by atoms with Crippen molar-refractivity contribution in [1.29, 1.82) is 0 Å². The minimum absolute atomic E-state index is 0.111. The Hall–Kier alpha value is -2.49. The van der Waals surface area contributed by atoms with Crippen LogP contribution in [0.25, 0.3) is 0 Å². The Morgan fingerprint density at radius 2 is 1.87 bits per heavy atom. The molecule has 0 aliphatic heterocycles. The van der Waals surface area contributed by atoms with Gasteiger partial charge in [0.1, 0.15) is 11.5 Å². The van der Waals surface area contributed by atoms with Crippen molar-refractivity contribution in [3.63, 3.8) is 0 Å². The van der Waals surface area contributed by atoms with Crippen molar-refractivity contribution < 1.29 is 14.3 Å². The lowest BCUT2D eigenvalue weighted by atomic mass is 10.1. The Kier molecular flexibility index (Phi) is 6.03. The van der Waals surface area contributed by atoms with Crippen molar-refractivity contribution in [3.05, 3.63) is 59.7 Å². The first-order valence-corrected chi connectivity index (χ1v) is 7.72. The lowest BCUT2D eigenvalue weighted by Crippen LogP contribution is -2.37. The molecular weight excluding hydrogens is 290 g/mol. The number of ether oxygens (including phenoxy) is 2. The van der Waals surface area contributed by atoms with E-state index in [1.165, 1.54) is 0 Å². The topological polar surface area (TPSA) is 47.6 Å². The summed E-state index contributed by atoms with van der Waals surface area (Å²) >= 11 is 0. The van der Waals surface area contributed by atoms with Crippen LogP contribution >= 0.6 is 0 Å². The van der Waals surface area contributed by atoms with Crippen LogP contribution in [-0.4, -0.2) is 25.7 Å². The summed E-state index contributed by atoms with van der Waals surface area (Å²) in [4.78, 5) is 12.1. The summed E-state index contributed by atoms with van der Waals surface area (Å²) in [6.07, 6.45) is 0.250. The third-order valence-electron chi connectivity index (χ3n) is 3.54. The molecule has 1 atom stereocenters. The maximum Gasteiger partial charge on any atom is 0.260 e. The van der Waals surface area contributed by atoms with E-state index in [4.69, 9.17) is 9.47 Å². The summed E-state index contributed by atoms with van der Waals surface area (Å²) in [7, 11) is 1.64. The first kappa shape index (κ1) is 16.9. The van der Waals surface area contributed by atoms with Gasteiger partial charge in [-0.05, 0) is 55.7 Å². The molecule has 0 fully saturated rings. The van der Waals surface area contributed by atoms with Gasteiger partial charge in [-0.15, -0.1) is 0 Å². The largest absolute Gasteiger partial charge is 0.497 e. The summed E-state index contributed by atoms with van der Waals surface area (Å²) in [5.74, 6) is 1.43. The number of carbonyl (C=O) groups excluding carboxylic acids is 1. The molecule has 1 N–H and O–H groups in total. The normalized spacial score (nSPS) is 11.6. The van der Waals surface area contributed by atoms with Crippen molar-refractivity contribution >= 4 is 5.91 Å². The summed E-state index contributed by atoms with van der Waals surface area (Å²) in [6, 6.07) is 15.5. The van der Waals surface area contributed by atoms with E-state index in [0.29, 0.717) is 12.3 Å². The first-order valence-electron chi connectivity index (χ1n) is 7.72. The molecule has 0 heterocycles. The van der Waals surface area contributed by atoms with Gasteiger partial charge in [0, 0.05) is 6.54 Å². The molecule has 0 aliphatic rings. The number of carbonyl (C=O) groups is 1. The predicted molar refractivity (Wildman–Crippen MR) is 91.0 cm³/mol. The van der Waals surface area contributed by atoms with Gasteiger partial charge in [-0.2, -0.15) is 0 Å². The molecule has 23 heavy (non-hydrogen) atoms. The van der Waals surface area contributed by atoms with E-state index in [9.17, 15) is 4.79 Å². The van der Waals surface area contributed by atoms with Crippen molar-refractivity contribution in [2.24, 2.45) is 0 Å². The quantitative estimate of drug-likeness (QED) is 0.854. The zero-order valence-corrected chi connectivity index (χ0v) is 13.8. The maximum absolute atomic E-state index is 12.1. The second-order valence-corrected chi connectivity index (χ2v) is 5.47. The van der Waals surface area contributed by atoms with E-state index in [1.807, 2.05) is 55.5 Å². The lowest BCUT2D eigenvalue weighted by molar-refractivity contribution is -0.127. The molecule has 0 saturated heterocycles. The zero-order valence-electron chi connectivity index (χ0n) is 13.8. The van der Waals surface area contributed by atoms with E-state index in [0.717, 1.165) is 23.3 Å². The van der Waals surface area contributed by atoms with Crippen LogP contribution in [-0.2, 0) is 11.2 Å². The summed E-state index contributed by atoms with van der Waals surface area (Å²) in [6.45, 7) is 4.32. The van der Waals surface area contributed by atoms with Gasteiger partial charge in [-0.25, -0.2) is 0 Å². The Morgan fingerprint density at radius 1 is 1.13 bits per heavy atom. The average Bonchev–Trinajstić information content (AvgIpc) is 2.55. The lowest BCUT2D eigenvalue weighted by Gasteiger charge is -2.15. The van der Waals surface area contributed by atoms with Crippen molar-refractivity contribution in [3.8, 4) is 11.5 Å². The van der Waals surface area contributed by atoms with Gasteiger partial charge in [-0.1, -0.05) is 24.3 Å². The number of hydrogen-bond donors (Lipinski definition) is 1. The minimum Gasteiger partial charge on any atom is -0.497 e. The zero-order chi connectivity index (χ0) is 16.7. The summed E-state index contributed by atoms with van der Waals surface area (Å²) in [5.41, 5.74) is 2.26. The van der Waals surface area contributed by atoms with Crippen molar-refractivity contribution in [1.82, 2.24) is 5.32 Å². The molecule has 4 nitrogen and oxygen atoms in total. The molecule has 0 bridgehead atoms. The molecular formula is C19H23NO3. The predicted octanol–water partition coefficient (Wildman–Crippen LogP) is 3.13. The number of hydrogen-bond acceptors (Lipinski definition) is 3. The van der Waals surface area contributed by atoms with Crippen LogP contribution in [0.15, 0.2) is 48.5 Å². The van der Waals surface area contributed by atoms with E-state index < -0.39 is 6.10 Å². The Bertz CT molecular complexity index is 637. The van der Waals surface area contributed by atoms with E-state index >= 15 is 0 Å². The van der Waals surface area contributed by atoms with Gasteiger partial charge in [0.25, 0.3) is 5.91 Å². The van der Waals surface area contributed by atoms with E-state index in [-0.39, 0.29) is 5.91 Å². The standard InChI is InChI=1S/C19H23NO3/c1-14-5-4-6-18(13-14)23-15(2)19(21)20-12-11-16-7-9-17(22-3)10-8-16/h4-10,13,15H,11-12H2,1-3H3,(H,20,21)/t15-/m1/s1. The van der Waals surface area contributed by atoms with Crippen molar-refractivity contribution in [2.75, 3.05) is 13.7 Å². The highest BCUT2D eigenvalue weighted by atomic mass is 16.5. The Morgan fingerprint density at radius 3 is 2.52 bits per heavy atom. The third kappa shape index (κ3) is 5.33. The smallest absolute Gasteiger partial charge is 0.260 e. The highest BCUT2D eigenvalue weighted by Gasteiger charge is 2.13. The summed E-state index contributed by atoms with van der Waals surface area (Å²) < 4.78 is 10.8. The van der Waals surface area contributed by atoms with Gasteiger partial charge >= 0.3 is 0 Å². The number of rotatable bonds is 7. The highest BCUT2D eigenvalue weighted by molar-refractivity contribution is 5.80. The molecule has 0 radical (unpaired) electrons. The number of aryl methyl sites for hydroxylation is 1. The Balaban J connectivity index is 1.77. The molecule has 2 rings (SSSR count). The van der Waals surface area contributed by atoms with Crippen LogP contribution in [0.3, 0.4) is 0 Å². The summed E-state index contributed by atoms with van der Waals surface area (Å²) in [5, 5.41) is 2.90. The van der Waals surface area contributed by atoms with Gasteiger partial charge in [0.05, 0.1) is 7.11 Å². The van der Waals surface area contributed by atoms with Gasteiger partial charge < -0.3 is 14.8 Å². The highest BCUT2D eigenvalue weighted by Crippen LogP contribution is 2.14. The van der Waals surface area contributed by atoms with Crippen LogP contribution in [0.1, 0.15) is 18.1 Å². The van der Waals surface area contributed by atoms with Crippen LogP contribution in [0.2, 0.25) is 0 Å². The molecule has 4 heteroatoms. The van der Waals surface area contributed by atoms with Crippen molar-refractivity contribution in [2.45, 2.75) is 26.4 Å². The molecule has 0 aromatic heterocycles. The maximum atomic E-state index is 12.1. The van der Waals surface area contributed by atoms with Crippen LogP contribution in [0, 0.1) is 6.92 Å². The number of amides is 1. The van der Waals surface area contributed by atoms with Gasteiger partial charge in [0.15, 0.2) is 6.10 Å². The fourth-order valence-electron chi connectivity index (χ4n) is 2.21. The molecule has 2 aromatic carbocycles. The molecule has 0 saturated carbocycles. The molecule has 2 aromatic rings. The number of methoxy groups -OCH3 is 1. The third-order valence-corrected chi connectivity index (χ3v) is 3.54. The van der Waals surface area contributed by atoms with Gasteiger partial charge in [0.2, 0.25) is 0 Å². The van der Waals surface area contributed by atoms with Crippen LogP contribution in [0.4, 0.5) is 0 Å². The average molecular weight is 313 g/mol. The van der Waals surface area contributed by atoms with Crippen LogP contribution in [0.5, 0.6) is 11.5 Å². The number of nitrogens with one attached hydrogen (secondary N) is 1. The second kappa shape index (κ2) is 8.22. The SMILES string of the molecule is COc1ccc(CCNC(=O)[C@@H](C)Oc2cccc(C)c2)cc1. The van der Waals surface area contributed by atoms with Gasteiger partial charge in [-0.3, -0.25) is 4.79 Å². The minimum atomic E-state index is -0.521. The van der Waals surface area contributed by atoms with Crippen LogP contribution < -0.4 is 14.8 Å².